The molecule has 0 amide bonds. The summed E-state index contributed by atoms with van der Waals surface area (Å²) in [5.41, 5.74) is 23.0. The largest absolute Gasteiger partial charge is 0.376 e. The van der Waals surface area contributed by atoms with Crippen LogP contribution in [0.1, 0.15) is 107 Å². The maximum Gasteiger partial charge on any atom is 0.333 e. The van der Waals surface area contributed by atoms with E-state index in [4.69, 9.17) is 0 Å². The van der Waals surface area contributed by atoms with Crippen LogP contribution in [0.25, 0.3) is 22.3 Å². The highest BCUT2D eigenvalue weighted by Gasteiger charge is 2.47. The predicted octanol–water partition coefficient (Wildman–Crippen LogP) is 13.0. The molecule has 6 aromatic carbocycles. The minimum Gasteiger partial charge on any atom is -0.376 e. The van der Waals surface area contributed by atoms with Gasteiger partial charge in [0.05, 0.1) is 0 Å². The van der Waals surface area contributed by atoms with Crippen molar-refractivity contribution < 1.29 is 0 Å². The van der Waals surface area contributed by atoms with E-state index in [1.165, 1.54) is 134 Å². The molecule has 55 heavy (non-hydrogen) atoms. The Hall–Kier alpha value is -5.02. The van der Waals surface area contributed by atoms with E-state index >= 15 is 0 Å². The van der Waals surface area contributed by atoms with E-state index in [9.17, 15) is 0 Å². The summed E-state index contributed by atoms with van der Waals surface area (Å²) in [6, 6.07) is 45.6. The van der Waals surface area contributed by atoms with E-state index in [-0.39, 0.29) is 12.3 Å². The van der Waals surface area contributed by atoms with E-state index in [0.29, 0.717) is 0 Å². The molecule has 0 radical (unpaired) electrons. The van der Waals surface area contributed by atoms with Gasteiger partial charge in [-0.3, -0.25) is 0 Å². The van der Waals surface area contributed by atoms with Crippen LogP contribution in [-0.2, 0) is 24.7 Å². The Bertz CT molecular complexity index is 2390. The Morgan fingerprint density at radius 2 is 1.13 bits per heavy atom. The van der Waals surface area contributed by atoms with Gasteiger partial charge in [0.25, 0.3) is 0 Å². The monoisotopic (exact) mass is 718 g/mol. The Labute approximate surface area is 330 Å². The van der Waals surface area contributed by atoms with Crippen LogP contribution in [0.2, 0.25) is 0 Å². The topological polar surface area (TPSA) is 6.48 Å². The number of anilines is 5. The third-order valence-electron chi connectivity index (χ3n) is 12.8. The summed E-state index contributed by atoms with van der Waals surface area (Å²) >= 11 is 0. The van der Waals surface area contributed by atoms with Crippen molar-refractivity contribution in [1.82, 2.24) is 0 Å². The molecule has 0 bridgehead atoms. The number of hydrogen-bond acceptors (Lipinski definition) is 2. The van der Waals surface area contributed by atoms with Gasteiger partial charge >= 0.3 is 6.85 Å². The second kappa shape index (κ2) is 14.2. The van der Waals surface area contributed by atoms with Gasteiger partial charge in [0.2, 0.25) is 0 Å². The molecule has 0 atom stereocenters. The molecule has 0 N–H and O–H groups in total. The summed E-state index contributed by atoms with van der Waals surface area (Å²) in [5.74, 6) is 0. The van der Waals surface area contributed by atoms with Crippen LogP contribution in [0.5, 0.6) is 0 Å². The Morgan fingerprint density at radius 3 is 1.80 bits per heavy atom. The summed E-state index contributed by atoms with van der Waals surface area (Å²) in [4.78, 5) is 5.29. The smallest absolute Gasteiger partial charge is 0.333 e. The third kappa shape index (κ3) is 5.93. The van der Waals surface area contributed by atoms with Gasteiger partial charge in [-0.05, 0) is 155 Å². The van der Waals surface area contributed by atoms with Gasteiger partial charge in [-0.25, -0.2) is 0 Å². The minimum absolute atomic E-state index is 0.0289. The van der Waals surface area contributed by atoms with Crippen molar-refractivity contribution in [3.8, 4) is 22.3 Å². The van der Waals surface area contributed by atoms with Gasteiger partial charge in [-0.15, -0.1) is 0 Å². The van der Waals surface area contributed by atoms with Crippen molar-refractivity contribution in [3.05, 3.63) is 149 Å². The van der Waals surface area contributed by atoms with Crippen molar-refractivity contribution in [1.29, 1.82) is 0 Å². The van der Waals surface area contributed by atoms with Crippen LogP contribution in [0.15, 0.2) is 115 Å². The molecule has 276 valence electrons. The number of benzene rings is 6. The van der Waals surface area contributed by atoms with E-state index in [1.807, 2.05) is 0 Å². The zero-order valence-corrected chi connectivity index (χ0v) is 33.8. The average molecular weight is 719 g/mol. The van der Waals surface area contributed by atoms with E-state index in [2.05, 4.69) is 167 Å². The zero-order chi connectivity index (χ0) is 37.8. The number of hydrogen-bond donors (Lipinski definition) is 0. The first-order valence-corrected chi connectivity index (χ1v) is 21.2. The number of fused-ring (bicyclic) bond motifs is 7. The van der Waals surface area contributed by atoms with Crippen molar-refractivity contribution in [2.75, 3.05) is 9.71 Å². The standard InChI is InChI=1S/C52H55BN2/c1-7-10-15-36-20-25-39(26-21-36)54-48-29-24-38(17-12-9-3)32-47(48)53-51-44(30-35(4)31-50(51)54)43-33-42-41-18-13-14-19-45(41)52(5,6)46(42)34-49(43)55(53)40-27-22-37(23-28-40)16-11-8-2/h13-14,18-34H,7-12,15-17H2,1-6H3. The average Bonchev–Trinajstić information content (AvgIpc) is 3.43. The predicted molar refractivity (Wildman–Crippen MR) is 238 cm³/mol. The SMILES string of the molecule is CCCCc1ccc(N2B3c4cc(CCCC)ccc4N(c4ccc(CCCC)cc4)c4cc(C)cc(c43)-c3cc4c(cc32)C(C)(C)c2ccccc2-4)cc1. The second-order valence-corrected chi connectivity index (χ2v) is 17.0. The molecule has 0 fully saturated rings. The molecule has 0 saturated carbocycles. The summed E-state index contributed by atoms with van der Waals surface area (Å²) in [7, 11) is 0. The van der Waals surface area contributed by atoms with E-state index in [1.54, 1.807) is 0 Å². The summed E-state index contributed by atoms with van der Waals surface area (Å²) < 4.78 is 0. The maximum atomic E-state index is 2.72. The summed E-state index contributed by atoms with van der Waals surface area (Å²) in [5, 5.41) is 0. The molecular weight excluding hydrogens is 663 g/mol. The number of rotatable bonds is 11. The van der Waals surface area contributed by atoms with Crippen LogP contribution in [0.4, 0.5) is 28.4 Å². The van der Waals surface area contributed by atoms with E-state index in [0.717, 1.165) is 19.3 Å². The first kappa shape index (κ1) is 35.7. The zero-order valence-electron chi connectivity index (χ0n) is 33.8. The van der Waals surface area contributed by atoms with Crippen LogP contribution in [-0.4, -0.2) is 6.85 Å². The number of nitrogens with zero attached hydrogens (tertiary/aromatic N) is 2. The Morgan fingerprint density at radius 1 is 0.509 bits per heavy atom. The summed E-state index contributed by atoms with van der Waals surface area (Å²) in [6.07, 6.45) is 10.6. The Kier molecular flexibility index (Phi) is 9.24. The van der Waals surface area contributed by atoms with Crippen molar-refractivity contribution in [2.24, 2.45) is 0 Å². The third-order valence-corrected chi connectivity index (χ3v) is 12.8. The van der Waals surface area contributed by atoms with Crippen LogP contribution >= 0.6 is 0 Å². The quantitative estimate of drug-likeness (QED) is 0.123. The lowest BCUT2D eigenvalue weighted by atomic mass is 9.43. The fourth-order valence-corrected chi connectivity index (χ4v) is 9.84. The fourth-order valence-electron chi connectivity index (χ4n) is 9.84. The maximum absolute atomic E-state index is 2.72. The van der Waals surface area contributed by atoms with Gasteiger partial charge in [0.1, 0.15) is 0 Å². The minimum atomic E-state index is -0.0907. The molecule has 0 aromatic heterocycles. The molecular formula is C52H55BN2. The van der Waals surface area contributed by atoms with Gasteiger partial charge in [0, 0.05) is 39.4 Å². The molecule has 9 rings (SSSR count). The normalized spacial score (nSPS) is 14.3. The van der Waals surface area contributed by atoms with Crippen molar-refractivity contribution in [3.63, 3.8) is 0 Å². The first-order chi connectivity index (χ1) is 26.8. The summed E-state index contributed by atoms with van der Waals surface area (Å²) in [6.45, 7) is 14.0. The van der Waals surface area contributed by atoms with Crippen molar-refractivity contribution >= 4 is 46.2 Å². The Balaban J connectivity index is 1.33. The first-order valence-electron chi connectivity index (χ1n) is 21.2. The van der Waals surface area contributed by atoms with E-state index < -0.39 is 0 Å². The van der Waals surface area contributed by atoms with Gasteiger partial charge in [0.15, 0.2) is 0 Å². The molecule has 2 nitrogen and oxygen atoms in total. The fraction of sp³-hybridized carbons (Fsp3) is 0.308. The molecule has 2 aliphatic heterocycles. The highest BCUT2D eigenvalue weighted by atomic mass is 15.2. The van der Waals surface area contributed by atoms with Gasteiger partial charge < -0.3 is 9.71 Å². The van der Waals surface area contributed by atoms with Crippen LogP contribution in [0, 0.1) is 6.92 Å². The highest BCUT2D eigenvalue weighted by molar-refractivity contribution is 6.93. The molecule has 3 aliphatic rings. The lowest BCUT2D eigenvalue weighted by Crippen LogP contribution is -2.61. The van der Waals surface area contributed by atoms with Crippen molar-refractivity contribution in [2.45, 2.75) is 105 Å². The molecule has 6 aromatic rings. The second-order valence-electron chi connectivity index (χ2n) is 17.0. The number of aryl methyl sites for hydroxylation is 4. The lowest BCUT2D eigenvalue weighted by Gasteiger charge is -2.46. The van der Waals surface area contributed by atoms with Gasteiger partial charge in [-0.2, -0.15) is 0 Å². The molecule has 3 heteroatoms. The van der Waals surface area contributed by atoms with Crippen LogP contribution in [0.3, 0.4) is 0 Å². The lowest BCUT2D eigenvalue weighted by molar-refractivity contribution is 0.660. The van der Waals surface area contributed by atoms with Crippen LogP contribution < -0.4 is 20.6 Å². The highest BCUT2D eigenvalue weighted by Crippen LogP contribution is 2.54. The molecule has 1 aliphatic carbocycles. The molecule has 0 spiro atoms. The van der Waals surface area contributed by atoms with Gasteiger partial charge in [-0.1, -0.05) is 121 Å². The molecule has 0 unspecified atom stereocenters. The molecule has 2 heterocycles. The molecule has 0 saturated heterocycles. The number of unbranched alkanes of at least 4 members (excludes halogenated alkanes) is 3.